The van der Waals surface area contributed by atoms with Crippen molar-refractivity contribution in [2.45, 2.75) is 50.4 Å². The summed E-state index contributed by atoms with van der Waals surface area (Å²) in [6, 6.07) is -0.429. The molecule has 2 unspecified atom stereocenters. The zero-order valence-corrected chi connectivity index (χ0v) is 13.6. The Balaban J connectivity index is 2.48. The van der Waals surface area contributed by atoms with Crippen LogP contribution in [0.15, 0.2) is 6.20 Å². The van der Waals surface area contributed by atoms with E-state index >= 15 is 0 Å². The quantitative estimate of drug-likeness (QED) is 0.619. The predicted molar refractivity (Wildman–Crippen MR) is 80.7 cm³/mol. The first-order valence-corrected chi connectivity index (χ1v) is 8.93. The molecule has 2 atom stereocenters. The summed E-state index contributed by atoms with van der Waals surface area (Å²) in [6.07, 6.45) is 3.82. The van der Waals surface area contributed by atoms with Crippen molar-refractivity contribution in [3.8, 4) is 5.75 Å². The molecule has 1 saturated heterocycles. The monoisotopic (exact) mass is 316 g/mol. The standard InChI is InChI=1S/C13H24N4O3S/c1-9(2)17-13(10(20-3)8-15-17)12(16-14)11-6-4-5-7-21(11,18)19/h8-9,11-12,16H,4-7,14H2,1-3H3. The number of nitrogens with zero attached hydrogens (tertiary/aromatic N) is 2. The summed E-state index contributed by atoms with van der Waals surface area (Å²) in [5.41, 5.74) is 3.38. The van der Waals surface area contributed by atoms with Crippen LogP contribution < -0.4 is 16.0 Å². The molecule has 0 amide bonds. The fourth-order valence-electron chi connectivity index (χ4n) is 2.94. The van der Waals surface area contributed by atoms with Gasteiger partial charge in [-0.05, 0) is 26.7 Å². The Morgan fingerprint density at radius 2 is 2.19 bits per heavy atom. The Morgan fingerprint density at radius 3 is 2.71 bits per heavy atom. The number of aromatic nitrogens is 2. The van der Waals surface area contributed by atoms with Crippen molar-refractivity contribution in [1.82, 2.24) is 15.2 Å². The molecule has 2 rings (SSSR count). The molecule has 120 valence electrons. The van der Waals surface area contributed by atoms with E-state index < -0.39 is 21.1 Å². The molecule has 21 heavy (non-hydrogen) atoms. The molecule has 0 saturated carbocycles. The molecule has 1 aliphatic heterocycles. The summed E-state index contributed by atoms with van der Waals surface area (Å²) in [6.45, 7) is 3.97. The molecule has 1 aromatic rings. The van der Waals surface area contributed by atoms with Crippen LogP contribution in [-0.4, -0.2) is 36.3 Å². The number of nitrogens with two attached hydrogens (primary N) is 1. The summed E-state index contributed by atoms with van der Waals surface area (Å²) in [7, 11) is -1.62. The van der Waals surface area contributed by atoms with Gasteiger partial charge in [-0.15, -0.1) is 0 Å². The van der Waals surface area contributed by atoms with Crippen molar-refractivity contribution < 1.29 is 13.2 Å². The van der Waals surface area contributed by atoms with Gasteiger partial charge in [0.05, 0.1) is 30.4 Å². The van der Waals surface area contributed by atoms with E-state index in [1.54, 1.807) is 18.0 Å². The third-order valence-corrected chi connectivity index (χ3v) is 6.27. The minimum atomic E-state index is -3.17. The first-order chi connectivity index (χ1) is 9.92. The third-order valence-electron chi connectivity index (χ3n) is 3.98. The van der Waals surface area contributed by atoms with Gasteiger partial charge < -0.3 is 4.74 Å². The van der Waals surface area contributed by atoms with Crippen molar-refractivity contribution >= 4 is 9.84 Å². The molecule has 0 radical (unpaired) electrons. The Hall–Kier alpha value is -1.12. The predicted octanol–water partition coefficient (Wildman–Crippen LogP) is 0.944. The second-order valence-electron chi connectivity index (χ2n) is 5.68. The van der Waals surface area contributed by atoms with Gasteiger partial charge in [0, 0.05) is 6.04 Å². The van der Waals surface area contributed by atoms with Crippen LogP contribution in [0.2, 0.25) is 0 Å². The van der Waals surface area contributed by atoms with Gasteiger partial charge >= 0.3 is 0 Å². The Morgan fingerprint density at radius 1 is 1.48 bits per heavy atom. The normalized spacial score (nSPS) is 23.2. The fourth-order valence-corrected chi connectivity index (χ4v) is 4.99. The van der Waals surface area contributed by atoms with Gasteiger partial charge in [-0.1, -0.05) is 6.42 Å². The molecule has 0 aromatic carbocycles. The zero-order valence-electron chi connectivity index (χ0n) is 12.7. The van der Waals surface area contributed by atoms with Crippen LogP contribution in [0.3, 0.4) is 0 Å². The highest BCUT2D eigenvalue weighted by atomic mass is 32.2. The number of nitrogens with one attached hydrogen (secondary N) is 1. The van der Waals surface area contributed by atoms with Crippen LogP contribution in [0.4, 0.5) is 0 Å². The lowest BCUT2D eigenvalue weighted by Gasteiger charge is -2.30. The summed E-state index contributed by atoms with van der Waals surface area (Å²) in [5.74, 6) is 6.48. The van der Waals surface area contributed by atoms with Gasteiger partial charge in [-0.3, -0.25) is 10.5 Å². The maximum atomic E-state index is 12.4. The van der Waals surface area contributed by atoms with Crippen LogP contribution in [0.1, 0.15) is 50.9 Å². The van der Waals surface area contributed by atoms with Gasteiger partial charge in [0.1, 0.15) is 5.69 Å². The number of sulfone groups is 1. The number of methoxy groups -OCH3 is 1. The minimum absolute atomic E-state index is 0.0889. The zero-order chi connectivity index (χ0) is 15.6. The molecule has 2 heterocycles. The molecule has 1 aromatic heterocycles. The number of rotatable bonds is 5. The molecule has 0 spiro atoms. The van der Waals surface area contributed by atoms with Crippen LogP contribution in [-0.2, 0) is 9.84 Å². The molecular weight excluding hydrogens is 292 g/mol. The summed E-state index contributed by atoms with van der Waals surface area (Å²) < 4.78 is 31.9. The fraction of sp³-hybridized carbons (Fsp3) is 0.769. The van der Waals surface area contributed by atoms with Crippen LogP contribution >= 0.6 is 0 Å². The number of hydrogen-bond acceptors (Lipinski definition) is 6. The summed E-state index contributed by atoms with van der Waals surface area (Å²) >= 11 is 0. The maximum Gasteiger partial charge on any atom is 0.161 e. The second-order valence-corrected chi connectivity index (χ2v) is 8.02. The summed E-state index contributed by atoms with van der Waals surface area (Å²) in [4.78, 5) is 0. The molecule has 3 N–H and O–H groups in total. The highest BCUT2D eigenvalue weighted by molar-refractivity contribution is 7.92. The van der Waals surface area contributed by atoms with Gasteiger partial charge in [0.15, 0.2) is 15.6 Å². The van der Waals surface area contributed by atoms with Crippen molar-refractivity contribution in [3.63, 3.8) is 0 Å². The Kier molecular flexibility index (Phi) is 4.90. The van der Waals surface area contributed by atoms with E-state index in [9.17, 15) is 8.42 Å². The second kappa shape index (κ2) is 6.33. The molecule has 8 heteroatoms. The maximum absolute atomic E-state index is 12.4. The highest BCUT2D eigenvalue weighted by Crippen LogP contribution is 2.35. The van der Waals surface area contributed by atoms with Gasteiger partial charge in [0.25, 0.3) is 0 Å². The lowest BCUT2D eigenvalue weighted by atomic mass is 10.0. The van der Waals surface area contributed by atoms with Gasteiger partial charge in [-0.2, -0.15) is 5.10 Å². The third kappa shape index (κ3) is 3.07. The largest absolute Gasteiger partial charge is 0.493 e. The number of hydrazine groups is 1. The van der Waals surface area contributed by atoms with Crippen LogP contribution in [0.5, 0.6) is 5.75 Å². The minimum Gasteiger partial charge on any atom is -0.493 e. The van der Waals surface area contributed by atoms with Crippen molar-refractivity contribution in [1.29, 1.82) is 0 Å². The molecule has 1 fully saturated rings. The van der Waals surface area contributed by atoms with Gasteiger partial charge in [-0.25, -0.2) is 13.8 Å². The summed E-state index contributed by atoms with van der Waals surface area (Å²) in [5, 5.41) is 3.76. The molecule has 1 aliphatic rings. The lowest BCUT2D eigenvalue weighted by Crippen LogP contribution is -2.44. The first-order valence-electron chi connectivity index (χ1n) is 7.21. The van der Waals surface area contributed by atoms with Crippen molar-refractivity contribution in [2.75, 3.05) is 12.9 Å². The van der Waals surface area contributed by atoms with Crippen LogP contribution in [0, 0.1) is 0 Å². The van der Waals surface area contributed by atoms with E-state index in [0.29, 0.717) is 17.9 Å². The van der Waals surface area contributed by atoms with E-state index in [0.717, 1.165) is 12.8 Å². The first kappa shape index (κ1) is 16.3. The Labute approximate surface area is 125 Å². The SMILES string of the molecule is COc1cnn(C(C)C)c1C(NN)C1CCCCS1(=O)=O. The molecule has 0 bridgehead atoms. The van der Waals surface area contributed by atoms with E-state index in [4.69, 9.17) is 10.6 Å². The van der Waals surface area contributed by atoms with Gasteiger partial charge in [0.2, 0.25) is 0 Å². The molecular formula is C13H24N4O3S. The van der Waals surface area contributed by atoms with E-state index in [2.05, 4.69) is 10.5 Å². The lowest BCUT2D eigenvalue weighted by molar-refractivity contribution is 0.370. The molecule has 7 nitrogen and oxygen atoms in total. The number of ether oxygens (including phenoxy) is 1. The van der Waals surface area contributed by atoms with E-state index in [1.165, 1.54) is 0 Å². The number of hydrogen-bond donors (Lipinski definition) is 2. The van der Waals surface area contributed by atoms with E-state index in [-0.39, 0.29) is 11.8 Å². The van der Waals surface area contributed by atoms with Crippen molar-refractivity contribution in [2.24, 2.45) is 5.84 Å². The van der Waals surface area contributed by atoms with E-state index in [1.807, 2.05) is 13.8 Å². The smallest absolute Gasteiger partial charge is 0.161 e. The Bertz CT molecular complexity index is 582. The average Bonchev–Trinajstić information content (AvgIpc) is 2.85. The average molecular weight is 316 g/mol. The van der Waals surface area contributed by atoms with Crippen LogP contribution in [0.25, 0.3) is 0 Å². The van der Waals surface area contributed by atoms with Crippen molar-refractivity contribution in [3.05, 3.63) is 11.9 Å². The topological polar surface area (TPSA) is 99.2 Å². The molecule has 0 aliphatic carbocycles. The highest BCUT2D eigenvalue weighted by Gasteiger charge is 2.39.